The minimum absolute atomic E-state index is 0.220. The van der Waals surface area contributed by atoms with Gasteiger partial charge in [-0.2, -0.15) is 0 Å². The van der Waals surface area contributed by atoms with Crippen molar-refractivity contribution in [1.82, 2.24) is 9.97 Å². The number of rotatable bonds is 5. The number of pyridine rings is 2. The molecule has 0 radical (unpaired) electrons. The molecule has 2 aromatic heterocycles. The second-order valence-electron chi connectivity index (χ2n) is 6.41. The van der Waals surface area contributed by atoms with Gasteiger partial charge in [0.25, 0.3) is 5.91 Å². The van der Waals surface area contributed by atoms with Gasteiger partial charge < -0.3 is 15.0 Å². The minimum Gasteiger partial charge on any atom is -0.439 e. The van der Waals surface area contributed by atoms with E-state index in [9.17, 15) is 14.0 Å². The van der Waals surface area contributed by atoms with Gasteiger partial charge in [0.2, 0.25) is 11.4 Å². The molecule has 0 saturated heterocycles. The van der Waals surface area contributed by atoms with E-state index < -0.39 is 11.7 Å². The van der Waals surface area contributed by atoms with Crippen molar-refractivity contribution in [1.29, 1.82) is 0 Å². The number of anilines is 1. The minimum atomic E-state index is -0.445. The number of nitrogens with zero attached hydrogens (tertiary/aromatic N) is 1. The van der Waals surface area contributed by atoms with Gasteiger partial charge in [-0.25, -0.2) is 9.37 Å². The van der Waals surface area contributed by atoms with Crippen molar-refractivity contribution >= 4 is 11.6 Å². The number of ether oxygens (including phenoxy) is 1. The molecule has 1 amide bonds. The summed E-state index contributed by atoms with van der Waals surface area (Å²) in [6, 6.07) is 20.9. The summed E-state index contributed by atoms with van der Waals surface area (Å²) in [5, 5.41) is 2.69. The van der Waals surface area contributed by atoms with Crippen LogP contribution in [0.3, 0.4) is 0 Å². The lowest BCUT2D eigenvalue weighted by molar-refractivity contribution is 0.102. The van der Waals surface area contributed by atoms with E-state index in [4.69, 9.17) is 4.74 Å². The predicted molar refractivity (Wildman–Crippen MR) is 111 cm³/mol. The summed E-state index contributed by atoms with van der Waals surface area (Å²) in [6.07, 6.45) is 1.41. The third-order valence-corrected chi connectivity index (χ3v) is 4.20. The average Bonchev–Trinajstić information content (AvgIpc) is 2.75. The summed E-state index contributed by atoms with van der Waals surface area (Å²) in [5.41, 5.74) is 1.61. The van der Waals surface area contributed by atoms with Crippen LogP contribution in [0.4, 0.5) is 10.1 Å². The lowest BCUT2D eigenvalue weighted by Gasteiger charge is -2.08. The molecule has 0 atom stereocenters. The number of nitrogens with one attached hydrogen (secondary N) is 2. The monoisotopic (exact) mass is 401 g/mol. The SMILES string of the molecule is O=C(Nc1ccc(Oc2cccc(F)c2)nc1)c1cc(-c2ccccc2)[nH]c(=O)c1. The summed E-state index contributed by atoms with van der Waals surface area (Å²) in [7, 11) is 0. The summed E-state index contributed by atoms with van der Waals surface area (Å²) in [4.78, 5) is 31.4. The van der Waals surface area contributed by atoms with Gasteiger partial charge in [0.05, 0.1) is 11.9 Å². The largest absolute Gasteiger partial charge is 0.439 e. The fourth-order valence-corrected chi connectivity index (χ4v) is 2.82. The zero-order valence-corrected chi connectivity index (χ0v) is 15.6. The molecule has 4 aromatic rings. The molecular formula is C23H16FN3O3. The van der Waals surface area contributed by atoms with Crippen molar-refractivity contribution < 1.29 is 13.9 Å². The molecule has 0 aliphatic rings. The van der Waals surface area contributed by atoms with Crippen molar-refractivity contribution in [2.75, 3.05) is 5.32 Å². The molecule has 0 aliphatic carbocycles. The maximum atomic E-state index is 13.2. The summed E-state index contributed by atoms with van der Waals surface area (Å²) in [5.74, 6) is -0.291. The third-order valence-electron chi connectivity index (χ3n) is 4.20. The lowest BCUT2D eigenvalue weighted by atomic mass is 10.1. The van der Waals surface area contributed by atoms with Crippen LogP contribution in [0.15, 0.2) is 89.9 Å². The maximum Gasteiger partial charge on any atom is 0.255 e. The highest BCUT2D eigenvalue weighted by molar-refractivity contribution is 6.04. The number of H-pyrrole nitrogens is 1. The van der Waals surface area contributed by atoms with Crippen molar-refractivity contribution in [3.63, 3.8) is 0 Å². The predicted octanol–water partition coefficient (Wildman–Crippen LogP) is 4.62. The van der Waals surface area contributed by atoms with E-state index in [0.29, 0.717) is 17.1 Å². The second kappa shape index (κ2) is 8.40. The van der Waals surface area contributed by atoms with Crippen molar-refractivity contribution in [3.05, 3.63) is 107 Å². The molecule has 2 aromatic carbocycles. The summed E-state index contributed by atoms with van der Waals surface area (Å²) in [6.45, 7) is 0. The van der Waals surface area contributed by atoms with Crippen LogP contribution in [0.25, 0.3) is 11.3 Å². The summed E-state index contributed by atoms with van der Waals surface area (Å²) < 4.78 is 18.7. The van der Waals surface area contributed by atoms with Gasteiger partial charge in [-0.1, -0.05) is 36.4 Å². The Hall–Kier alpha value is -4.26. The van der Waals surface area contributed by atoms with E-state index >= 15 is 0 Å². The highest BCUT2D eigenvalue weighted by Crippen LogP contribution is 2.21. The van der Waals surface area contributed by atoms with Gasteiger partial charge in [-0.15, -0.1) is 0 Å². The maximum absolute atomic E-state index is 13.2. The number of aromatic amines is 1. The van der Waals surface area contributed by atoms with Crippen LogP contribution < -0.4 is 15.6 Å². The van der Waals surface area contributed by atoms with E-state index in [-0.39, 0.29) is 17.0 Å². The standard InChI is InChI=1S/C23H16FN3O3/c24-17-7-4-8-19(13-17)30-22-10-9-18(14-25-22)26-23(29)16-11-20(27-21(28)12-16)15-5-2-1-3-6-15/h1-14H,(H,26,29)(H,27,28). The first-order valence-corrected chi connectivity index (χ1v) is 9.07. The molecule has 148 valence electrons. The first-order chi connectivity index (χ1) is 14.6. The van der Waals surface area contributed by atoms with Crippen LogP contribution in [0.5, 0.6) is 11.6 Å². The molecule has 4 rings (SSSR count). The number of carbonyl (C=O) groups is 1. The number of amides is 1. The van der Waals surface area contributed by atoms with E-state index in [2.05, 4.69) is 15.3 Å². The van der Waals surface area contributed by atoms with E-state index in [1.807, 2.05) is 30.3 Å². The van der Waals surface area contributed by atoms with Crippen molar-refractivity contribution in [2.24, 2.45) is 0 Å². The van der Waals surface area contributed by atoms with Crippen molar-refractivity contribution in [3.8, 4) is 22.9 Å². The van der Waals surface area contributed by atoms with Gasteiger partial charge in [-0.3, -0.25) is 9.59 Å². The fraction of sp³-hybridized carbons (Fsp3) is 0. The average molecular weight is 401 g/mol. The molecule has 2 heterocycles. The topological polar surface area (TPSA) is 84.1 Å². The molecule has 6 nitrogen and oxygen atoms in total. The highest BCUT2D eigenvalue weighted by atomic mass is 19.1. The van der Waals surface area contributed by atoms with Crippen LogP contribution >= 0.6 is 0 Å². The zero-order valence-electron chi connectivity index (χ0n) is 15.6. The Morgan fingerprint density at radius 1 is 0.967 bits per heavy atom. The van der Waals surface area contributed by atoms with Crippen LogP contribution in [0.1, 0.15) is 10.4 Å². The van der Waals surface area contributed by atoms with E-state index in [1.165, 1.54) is 30.5 Å². The Morgan fingerprint density at radius 2 is 1.80 bits per heavy atom. The molecule has 2 N–H and O–H groups in total. The Labute approximate surface area is 171 Å². The second-order valence-corrected chi connectivity index (χ2v) is 6.41. The van der Waals surface area contributed by atoms with Crippen LogP contribution in [0, 0.1) is 5.82 Å². The van der Waals surface area contributed by atoms with Gasteiger partial charge in [0, 0.05) is 29.5 Å². The van der Waals surface area contributed by atoms with E-state index in [1.54, 1.807) is 24.3 Å². The Morgan fingerprint density at radius 3 is 2.53 bits per heavy atom. The number of carbonyl (C=O) groups excluding carboxylic acids is 1. The van der Waals surface area contributed by atoms with Gasteiger partial charge in [-0.05, 0) is 29.8 Å². The van der Waals surface area contributed by atoms with E-state index in [0.717, 1.165) is 5.56 Å². The first-order valence-electron chi connectivity index (χ1n) is 9.07. The lowest BCUT2D eigenvalue weighted by Crippen LogP contribution is -2.16. The quantitative estimate of drug-likeness (QED) is 0.511. The molecule has 0 bridgehead atoms. The Bertz CT molecular complexity index is 1240. The molecule has 7 heteroatoms. The number of hydrogen-bond acceptors (Lipinski definition) is 4. The summed E-state index contributed by atoms with van der Waals surface area (Å²) >= 11 is 0. The van der Waals surface area contributed by atoms with Crippen LogP contribution in [0.2, 0.25) is 0 Å². The normalized spacial score (nSPS) is 10.4. The Balaban J connectivity index is 1.49. The number of halogens is 1. The molecule has 0 spiro atoms. The molecule has 30 heavy (non-hydrogen) atoms. The highest BCUT2D eigenvalue weighted by Gasteiger charge is 2.10. The van der Waals surface area contributed by atoms with Gasteiger partial charge >= 0.3 is 0 Å². The Kier molecular flexibility index (Phi) is 5.34. The fourth-order valence-electron chi connectivity index (χ4n) is 2.82. The third kappa shape index (κ3) is 4.59. The zero-order chi connectivity index (χ0) is 20.9. The smallest absolute Gasteiger partial charge is 0.255 e. The van der Waals surface area contributed by atoms with Crippen LogP contribution in [-0.4, -0.2) is 15.9 Å². The van der Waals surface area contributed by atoms with Crippen molar-refractivity contribution in [2.45, 2.75) is 0 Å². The van der Waals surface area contributed by atoms with Gasteiger partial charge in [0.15, 0.2) is 0 Å². The molecular weight excluding hydrogens is 385 g/mol. The first kappa shape index (κ1) is 19.1. The number of aromatic nitrogens is 2. The number of benzene rings is 2. The number of hydrogen-bond donors (Lipinski definition) is 2. The van der Waals surface area contributed by atoms with Crippen LogP contribution in [-0.2, 0) is 0 Å². The molecule has 0 aliphatic heterocycles. The molecule has 0 unspecified atom stereocenters. The van der Waals surface area contributed by atoms with Gasteiger partial charge in [0.1, 0.15) is 11.6 Å². The molecule has 0 fully saturated rings. The molecule has 0 saturated carbocycles.